The van der Waals surface area contributed by atoms with Crippen LogP contribution in [0.5, 0.6) is 0 Å². The van der Waals surface area contributed by atoms with Gasteiger partial charge < -0.3 is 0 Å². The van der Waals surface area contributed by atoms with E-state index < -0.39 is 0 Å². The summed E-state index contributed by atoms with van der Waals surface area (Å²) in [4.78, 5) is 12.6. The van der Waals surface area contributed by atoms with Gasteiger partial charge in [0.25, 0.3) is 0 Å². The summed E-state index contributed by atoms with van der Waals surface area (Å²) >= 11 is 0. The summed E-state index contributed by atoms with van der Waals surface area (Å²) in [6.07, 6.45) is 0. The standard InChI is InChI=1S/C19H18O/c1-19(2,3)15-10-11-17-14(12-15)9-8-13-6-4-5-7-16(13)18(17)20/h4-12H,1-3H3. The van der Waals surface area contributed by atoms with Gasteiger partial charge in [0.2, 0.25) is 0 Å². The van der Waals surface area contributed by atoms with E-state index in [9.17, 15) is 4.79 Å². The van der Waals surface area contributed by atoms with E-state index in [1.165, 1.54) is 5.56 Å². The Morgan fingerprint density at radius 1 is 0.750 bits per heavy atom. The fourth-order valence-electron chi connectivity index (χ4n) is 2.55. The second-order valence-electron chi connectivity index (χ2n) is 6.30. The molecule has 3 aromatic carbocycles. The average Bonchev–Trinajstić information content (AvgIpc) is 2.56. The Kier molecular flexibility index (Phi) is 2.86. The van der Waals surface area contributed by atoms with Gasteiger partial charge in [-0.25, -0.2) is 0 Å². The monoisotopic (exact) mass is 262 g/mol. The molecule has 1 heteroatoms. The molecule has 0 aromatic heterocycles. The second-order valence-corrected chi connectivity index (χ2v) is 6.30. The van der Waals surface area contributed by atoms with E-state index >= 15 is 0 Å². The highest BCUT2D eigenvalue weighted by molar-refractivity contribution is 5.93. The molecular weight excluding hydrogens is 244 g/mol. The number of hydrogen-bond donors (Lipinski definition) is 0. The van der Waals surface area contributed by atoms with E-state index in [1.807, 2.05) is 42.5 Å². The normalized spacial score (nSPS) is 11.9. The summed E-state index contributed by atoms with van der Waals surface area (Å²) < 4.78 is 0. The van der Waals surface area contributed by atoms with Crippen molar-refractivity contribution in [2.45, 2.75) is 26.2 Å². The SMILES string of the molecule is CC(C)(C)c1ccc2c(=O)c3ccccc3ccc2c1. The van der Waals surface area contributed by atoms with E-state index in [2.05, 4.69) is 32.9 Å². The molecule has 0 heterocycles. The zero-order valence-electron chi connectivity index (χ0n) is 12.1. The minimum atomic E-state index is 0.0884. The van der Waals surface area contributed by atoms with Crippen LogP contribution in [-0.4, -0.2) is 0 Å². The fourth-order valence-corrected chi connectivity index (χ4v) is 2.55. The van der Waals surface area contributed by atoms with Crippen molar-refractivity contribution in [2.75, 3.05) is 0 Å². The third kappa shape index (κ3) is 2.09. The molecule has 0 aliphatic heterocycles. The molecule has 0 saturated heterocycles. The molecule has 0 radical (unpaired) electrons. The molecule has 0 bridgehead atoms. The number of hydrogen-bond acceptors (Lipinski definition) is 1. The summed E-state index contributed by atoms with van der Waals surface area (Å²) in [5, 5.41) is 3.58. The van der Waals surface area contributed by atoms with Crippen LogP contribution >= 0.6 is 0 Å². The fraction of sp³-hybridized carbons (Fsp3) is 0.211. The van der Waals surface area contributed by atoms with Crippen LogP contribution in [0, 0.1) is 0 Å². The molecule has 0 atom stereocenters. The zero-order valence-corrected chi connectivity index (χ0v) is 12.1. The Labute approximate surface area is 118 Å². The Morgan fingerprint density at radius 2 is 1.40 bits per heavy atom. The van der Waals surface area contributed by atoms with Gasteiger partial charge in [-0.05, 0) is 21.8 Å². The maximum absolute atomic E-state index is 12.6. The predicted octanol–water partition coefficient (Wildman–Crippen LogP) is 4.65. The minimum Gasteiger partial charge on any atom is -0.289 e. The van der Waals surface area contributed by atoms with Crippen molar-refractivity contribution >= 4 is 21.5 Å². The first-order valence-corrected chi connectivity index (χ1v) is 6.93. The number of fused-ring (bicyclic) bond motifs is 2. The minimum absolute atomic E-state index is 0.0884. The molecule has 0 aliphatic carbocycles. The first kappa shape index (κ1) is 12.9. The van der Waals surface area contributed by atoms with E-state index in [0.29, 0.717) is 0 Å². The third-order valence-electron chi connectivity index (χ3n) is 3.81. The Hall–Kier alpha value is -2.15. The highest BCUT2D eigenvalue weighted by Gasteiger charge is 2.14. The van der Waals surface area contributed by atoms with Gasteiger partial charge in [0.05, 0.1) is 0 Å². The van der Waals surface area contributed by atoms with E-state index in [1.54, 1.807) is 0 Å². The smallest absolute Gasteiger partial charge is 0.194 e. The van der Waals surface area contributed by atoms with Crippen molar-refractivity contribution in [3.05, 3.63) is 70.4 Å². The topological polar surface area (TPSA) is 17.1 Å². The molecular formula is C19H18O. The van der Waals surface area contributed by atoms with Crippen LogP contribution in [0.4, 0.5) is 0 Å². The van der Waals surface area contributed by atoms with Crippen molar-refractivity contribution in [1.29, 1.82) is 0 Å². The summed E-state index contributed by atoms with van der Waals surface area (Å²) in [6.45, 7) is 6.56. The molecule has 0 saturated carbocycles. The van der Waals surface area contributed by atoms with Crippen molar-refractivity contribution in [3.8, 4) is 0 Å². The maximum Gasteiger partial charge on any atom is 0.194 e. The lowest BCUT2D eigenvalue weighted by Gasteiger charge is -2.19. The largest absolute Gasteiger partial charge is 0.289 e. The lowest BCUT2D eigenvalue weighted by molar-refractivity contribution is 0.591. The van der Waals surface area contributed by atoms with Gasteiger partial charge in [-0.2, -0.15) is 0 Å². The average molecular weight is 262 g/mol. The van der Waals surface area contributed by atoms with Crippen LogP contribution in [-0.2, 0) is 5.41 Å². The summed E-state index contributed by atoms with van der Waals surface area (Å²) in [6, 6.07) is 18.0. The summed E-state index contributed by atoms with van der Waals surface area (Å²) in [7, 11) is 0. The first-order valence-electron chi connectivity index (χ1n) is 6.93. The molecule has 20 heavy (non-hydrogen) atoms. The van der Waals surface area contributed by atoms with Crippen LogP contribution in [0.3, 0.4) is 0 Å². The molecule has 1 nitrogen and oxygen atoms in total. The van der Waals surface area contributed by atoms with Crippen LogP contribution in [0.15, 0.2) is 59.4 Å². The number of rotatable bonds is 0. The third-order valence-corrected chi connectivity index (χ3v) is 3.81. The van der Waals surface area contributed by atoms with Gasteiger partial charge in [0, 0.05) is 10.8 Å². The predicted molar refractivity (Wildman–Crippen MR) is 86.4 cm³/mol. The first-order chi connectivity index (χ1) is 9.47. The van der Waals surface area contributed by atoms with Gasteiger partial charge in [0.15, 0.2) is 5.43 Å². The van der Waals surface area contributed by atoms with Gasteiger partial charge in [0.1, 0.15) is 0 Å². The lowest BCUT2D eigenvalue weighted by Crippen LogP contribution is -2.11. The van der Waals surface area contributed by atoms with Crippen molar-refractivity contribution < 1.29 is 0 Å². The van der Waals surface area contributed by atoms with Crippen LogP contribution in [0.1, 0.15) is 26.3 Å². The summed E-state index contributed by atoms with van der Waals surface area (Å²) in [5.74, 6) is 0. The molecule has 100 valence electrons. The molecule has 0 unspecified atom stereocenters. The van der Waals surface area contributed by atoms with Crippen molar-refractivity contribution in [3.63, 3.8) is 0 Å². The van der Waals surface area contributed by atoms with Gasteiger partial charge in [-0.15, -0.1) is 0 Å². The summed E-state index contributed by atoms with van der Waals surface area (Å²) in [5.41, 5.74) is 1.45. The van der Waals surface area contributed by atoms with Crippen LogP contribution in [0.2, 0.25) is 0 Å². The Bertz CT molecular complexity index is 854. The lowest BCUT2D eigenvalue weighted by atomic mass is 9.86. The molecule has 0 fully saturated rings. The van der Waals surface area contributed by atoms with Crippen LogP contribution in [0.25, 0.3) is 21.5 Å². The number of benzene rings is 2. The molecule has 0 amide bonds. The van der Waals surface area contributed by atoms with Gasteiger partial charge in [-0.3, -0.25) is 4.79 Å². The van der Waals surface area contributed by atoms with E-state index in [0.717, 1.165) is 21.5 Å². The van der Waals surface area contributed by atoms with Gasteiger partial charge in [-0.1, -0.05) is 75.4 Å². The van der Waals surface area contributed by atoms with Crippen molar-refractivity contribution in [2.24, 2.45) is 0 Å². The van der Waals surface area contributed by atoms with Crippen molar-refractivity contribution in [1.82, 2.24) is 0 Å². The highest BCUT2D eigenvalue weighted by atomic mass is 16.1. The molecule has 0 N–H and O–H groups in total. The zero-order chi connectivity index (χ0) is 14.3. The van der Waals surface area contributed by atoms with Crippen LogP contribution < -0.4 is 5.43 Å². The van der Waals surface area contributed by atoms with E-state index in [4.69, 9.17) is 0 Å². The molecule has 0 spiro atoms. The molecule has 3 aromatic rings. The Morgan fingerprint density at radius 3 is 2.15 bits per heavy atom. The second kappa shape index (κ2) is 4.45. The van der Waals surface area contributed by atoms with E-state index in [-0.39, 0.29) is 10.8 Å². The quantitative estimate of drug-likeness (QED) is 0.576. The van der Waals surface area contributed by atoms with Gasteiger partial charge >= 0.3 is 0 Å². The Balaban J connectivity index is 2.45. The molecule has 3 rings (SSSR count). The molecule has 0 aliphatic rings. The highest BCUT2D eigenvalue weighted by Crippen LogP contribution is 2.25. The maximum atomic E-state index is 12.6.